The first-order valence-electron chi connectivity index (χ1n) is 17.7. The van der Waals surface area contributed by atoms with E-state index in [1.807, 2.05) is 0 Å². The first kappa shape index (κ1) is 32.9. The Hall–Kier alpha value is -5.66. The second-order valence-electron chi connectivity index (χ2n) is 13.8. The summed E-state index contributed by atoms with van der Waals surface area (Å²) in [6.07, 6.45) is 1.01. The molecule has 1 heterocycles. The zero-order valence-corrected chi connectivity index (χ0v) is 29.8. The third kappa shape index (κ3) is 7.05. The van der Waals surface area contributed by atoms with E-state index in [0.717, 1.165) is 6.42 Å². The molecule has 0 N–H and O–H groups in total. The normalized spacial score (nSPS) is 11.7. The van der Waals surface area contributed by atoms with Gasteiger partial charge in [-0.3, -0.25) is 0 Å². The minimum absolute atomic E-state index is 0.421. The fourth-order valence-electron chi connectivity index (χ4n) is 7.02. The fraction of sp³-hybridized carbons (Fsp3) is 0.143. The Kier molecular flexibility index (Phi) is 9.49. The molecular weight excluding hydrogens is 603 g/mol. The van der Waals surface area contributed by atoms with Gasteiger partial charge in [0, 0.05) is 11.1 Å². The molecule has 0 amide bonds. The quantitative estimate of drug-likeness (QED) is 0.169. The predicted octanol–water partition coefficient (Wildman–Crippen LogP) is 13.4. The second kappa shape index (κ2) is 14.4. The highest BCUT2D eigenvalue weighted by atomic mass is 15.0. The molecule has 1 atom stereocenters. The van der Waals surface area contributed by atoms with Gasteiger partial charge in [0.15, 0.2) is 0 Å². The second-order valence-corrected chi connectivity index (χ2v) is 13.8. The van der Waals surface area contributed by atoms with Crippen molar-refractivity contribution >= 4 is 21.7 Å². The van der Waals surface area contributed by atoms with Gasteiger partial charge in [-0.2, -0.15) is 0 Å². The van der Waals surface area contributed by atoms with E-state index >= 15 is 0 Å². The standard InChI is InChI=1S/C41H35N.C8H10/c1-28-16-21-37(22-17-28)42-40-23-20-34(26-36(40)27-41(42)32-11-5-4-6-12-32)33-19-18-29(2)35(25-33)24-30(3)38-15-9-13-31-10-7-8-14-39(31)38;1-7-3-5-8(2)6-4-7/h4-23,25-27,30H,24H2,1-3H3;3-6H,1-2H3. The van der Waals surface area contributed by atoms with Crippen LogP contribution in [-0.2, 0) is 6.42 Å². The molecule has 0 bridgehead atoms. The van der Waals surface area contributed by atoms with E-state index in [1.54, 1.807) is 0 Å². The summed E-state index contributed by atoms with van der Waals surface area (Å²) in [5, 5.41) is 3.92. The number of rotatable bonds is 6. The van der Waals surface area contributed by atoms with Gasteiger partial charge in [0.05, 0.1) is 11.2 Å². The summed E-state index contributed by atoms with van der Waals surface area (Å²) in [7, 11) is 0. The van der Waals surface area contributed by atoms with Gasteiger partial charge >= 0.3 is 0 Å². The lowest BCUT2D eigenvalue weighted by atomic mass is 9.87. The van der Waals surface area contributed by atoms with Crippen molar-refractivity contribution in [2.75, 3.05) is 0 Å². The zero-order valence-electron chi connectivity index (χ0n) is 29.8. The molecule has 0 radical (unpaired) electrons. The average Bonchev–Trinajstić information content (AvgIpc) is 3.53. The maximum Gasteiger partial charge on any atom is 0.0540 e. The number of aryl methyl sites for hydroxylation is 4. The van der Waals surface area contributed by atoms with Crippen LogP contribution in [0.2, 0.25) is 0 Å². The summed E-state index contributed by atoms with van der Waals surface area (Å²) in [4.78, 5) is 0. The summed E-state index contributed by atoms with van der Waals surface area (Å²) < 4.78 is 2.39. The van der Waals surface area contributed by atoms with Crippen LogP contribution in [0.5, 0.6) is 0 Å². The van der Waals surface area contributed by atoms with Crippen LogP contribution in [0.15, 0.2) is 164 Å². The van der Waals surface area contributed by atoms with Crippen LogP contribution >= 0.6 is 0 Å². The van der Waals surface area contributed by atoms with Crippen molar-refractivity contribution in [2.45, 2.75) is 47.0 Å². The summed E-state index contributed by atoms with van der Waals surface area (Å²) in [6.45, 7) is 10.9. The number of benzene rings is 7. The Morgan fingerprint density at radius 1 is 0.480 bits per heavy atom. The van der Waals surface area contributed by atoms with Crippen molar-refractivity contribution in [3.63, 3.8) is 0 Å². The molecule has 0 aliphatic carbocycles. The van der Waals surface area contributed by atoms with Gasteiger partial charge in [-0.25, -0.2) is 0 Å². The fourth-order valence-corrected chi connectivity index (χ4v) is 7.02. The molecule has 50 heavy (non-hydrogen) atoms. The first-order chi connectivity index (χ1) is 24.3. The van der Waals surface area contributed by atoms with Gasteiger partial charge in [0.25, 0.3) is 0 Å². The molecule has 0 fully saturated rings. The van der Waals surface area contributed by atoms with Crippen LogP contribution in [0.4, 0.5) is 0 Å². The lowest BCUT2D eigenvalue weighted by Gasteiger charge is -2.17. The largest absolute Gasteiger partial charge is 0.309 e. The molecule has 1 aromatic heterocycles. The number of hydrogen-bond acceptors (Lipinski definition) is 0. The minimum atomic E-state index is 0.421. The highest BCUT2D eigenvalue weighted by Crippen LogP contribution is 2.36. The van der Waals surface area contributed by atoms with Gasteiger partial charge in [-0.1, -0.05) is 157 Å². The van der Waals surface area contributed by atoms with Crippen LogP contribution < -0.4 is 0 Å². The Labute approximate surface area is 297 Å². The highest BCUT2D eigenvalue weighted by Gasteiger charge is 2.15. The van der Waals surface area contributed by atoms with Gasteiger partial charge in [-0.15, -0.1) is 0 Å². The molecular formula is C49H45N. The Morgan fingerprint density at radius 2 is 1.08 bits per heavy atom. The molecule has 8 rings (SSSR count). The van der Waals surface area contributed by atoms with Crippen molar-refractivity contribution in [3.8, 4) is 28.1 Å². The Morgan fingerprint density at radius 3 is 1.80 bits per heavy atom. The van der Waals surface area contributed by atoms with E-state index in [9.17, 15) is 0 Å². The lowest BCUT2D eigenvalue weighted by molar-refractivity contribution is 0.762. The number of hydrogen-bond donors (Lipinski definition) is 0. The van der Waals surface area contributed by atoms with E-state index < -0.39 is 0 Å². The van der Waals surface area contributed by atoms with Gasteiger partial charge in [0.1, 0.15) is 0 Å². The maximum absolute atomic E-state index is 2.41. The molecule has 246 valence electrons. The first-order valence-corrected chi connectivity index (χ1v) is 17.7. The Bertz CT molecular complexity index is 2350. The number of nitrogens with zero attached hydrogens (tertiary/aromatic N) is 1. The third-order valence-electron chi connectivity index (χ3n) is 9.94. The van der Waals surface area contributed by atoms with Gasteiger partial charge < -0.3 is 4.57 Å². The summed E-state index contributed by atoms with van der Waals surface area (Å²) in [5.41, 5.74) is 15.5. The molecule has 1 heteroatoms. The molecule has 1 nitrogen and oxygen atoms in total. The maximum atomic E-state index is 2.41. The smallest absolute Gasteiger partial charge is 0.0540 e. The Balaban J connectivity index is 0.000000433. The van der Waals surface area contributed by atoms with Crippen LogP contribution in [-0.4, -0.2) is 4.57 Å². The molecule has 0 saturated heterocycles. The van der Waals surface area contributed by atoms with Crippen molar-refractivity contribution < 1.29 is 0 Å². The summed E-state index contributed by atoms with van der Waals surface area (Å²) in [6, 6.07) is 59.7. The van der Waals surface area contributed by atoms with E-state index in [1.165, 1.54) is 83.1 Å². The molecule has 0 spiro atoms. The van der Waals surface area contributed by atoms with Crippen LogP contribution in [0.25, 0.3) is 49.7 Å². The lowest BCUT2D eigenvalue weighted by Crippen LogP contribution is -2.01. The average molecular weight is 648 g/mol. The summed E-state index contributed by atoms with van der Waals surface area (Å²) >= 11 is 0. The van der Waals surface area contributed by atoms with Crippen LogP contribution in [0.1, 0.15) is 46.2 Å². The molecule has 0 aliphatic rings. The van der Waals surface area contributed by atoms with E-state index in [4.69, 9.17) is 0 Å². The van der Waals surface area contributed by atoms with Crippen LogP contribution in [0, 0.1) is 27.7 Å². The molecule has 0 aliphatic heterocycles. The van der Waals surface area contributed by atoms with E-state index in [0.29, 0.717) is 5.92 Å². The molecule has 7 aromatic carbocycles. The molecule has 0 saturated carbocycles. The van der Waals surface area contributed by atoms with Crippen molar-refractivity contribution in [1.82, 2.24) is 4.57 Å². The van der Waals surface area contributed by atoms with Gasteiger partial charge in [-0.05, 0) is 115 Å². The molecule has 1 unspecified atom stereocenters. The van der Waals surface area contributed by atoms with Crippen molar-refractivity contribution in [1.29, 1.82) is 0 Å². The highest BCUT2D eigenvalue weighted by molar-refractivity contribution is 5.92. The van der Waals surface area contributed by atoms with Crippen molar-refractivity contribution in [3.05, 3.63) is 197 Å². The number of fused-ring (bicyclic) bond motifs is 2. The van der Waals surface area contributed by atoms with E-state index in [2.05, 4.69) is 203 Å². The SMILES string of the molecule is Cc1ccc(-n2c(-c3ccccc3)cc3cc(-c4ccc(C)c(CC(C)c5cccc6ccccc56)c4)ccc32)cc1.Cc1ccc(C)cc1. The minimum Gasteiger partial charge on any atom is -0.309 e. The van der Waals surface area contributed by atoms with Crippen molar-refractivity contribution in [2.24, 2.45) is 0 Å². The third-order valence-corrected chi connectivity index (χ3v) is 9.94. The monoisotopic (exact) mass is 647 g/mol. The zero-order chi connectivity index (χ0) is 34.6. The topological polar surface area (TPSA) is 4.93 Å². The molecule has 8 aromatic rings. The number of aromatic nitrogens is 1. The predicted molar refractivity (Wildman–Crippen MR) is 216 cm³/mol. The summed E-state index contributed by atoms with van der Waals surface area (Å²) in [5.74, 6) is 0.421. The van der Waals surface area contributed by atoms with Gasteiger partial charge in [0.2, 0.25) is 0 Å². The van der Waals surface area contributed by atoms with Crippen LogP contribution in [0.3, 0.4) is 0 Å². The van der Waals surface area contributed by atoms with E-state index in [-0.39, 0.29) is 0 Å².